The first-order chi connectivity index (χ1) is 17.5. The summed E-state index contributed by atoms with van der Waals surface area (Å²) in [6.45, 7) is 1.80. The fourth-order valence-corrected chi connectivity index (χ4v) is 6.14. The highest BCUT2D eigenvalue weighted by molar-refractivity contribution is 6.36. The van der Waals surface area contributed by atoms with Crippen LogP contribution in [0.15, 0.2) is 108 Å². The molecule has 2 N–H and O–H groups in total. The molecule has 0 unspecified atom stereocenters. The van der Waals surface area contributed by atoms with Crippen molar-refractivity contribution < 1.29 is 14.4 Å². The molecule has 5 heteroatoms. The highest BCUT2D eigenvalue weighted by atomic mass is 16.2. The first kappa shape index (κ1) is 20.6. The smallest absolute Gasteiger partial charge is 0.255 e. The maximum absolute atomic E-state index is 14.6. The standard InChI is InChI=1S/C31H20N2O3/c1-17-25(30(36)33-19-11-3-2-4-12-19)31(26-27(32-17)20-13-5-6-14-21(20)28(26)34)23-16-8-10-18-9-7-15-22(24(18)23)29(31)35/h2-16,32H,1H3,(H,33,36)/t31-/m0/s1. The Morgan fingerprint density at radius 3 is 2.22 bits per heavy atom. The molecule has 0 aromatic heterocycles. The maximum Gasteiger partial charge on any atom is 0.255 e. The van der Waals surface area contributed by atoms with Crippen molar-refractivity contribution >= 4 is 39.6 Å². The van der Waals surface area contributed by atoms with Crippen LogP contribution in [0.1, 0.15) is 38.8 Å². The van der Waals surface area contributed by atoms with Crippen molar-refractivity contribution in [2.75, 3.05) is 5.32 Å². The van der Waals surface area contributed by atoms with E-state index in [1.54, 1.807) is 31.2 Å². The van der Waals surface area contributed by atoms with Crippen molar-refractivity contribution in [1.29, 1.82) is 0 Å². The van der Waals surface area contributed by atoms with E-state index in [1.165, 1.54) is 0 Å². The summed E-state index contributed by atoms with van der Waals surface area (Å²) >= 11 is 0. The lowest BCUT2D eigenvalue weighted by atomic mass is 9.64. The molecule has 36 heavy (non-hydrogen) atoms. The van der Waals surface area contributed by atoms with Gasteiger partial charge in [0.05, 0.1) is 11.3 Å². The number of amides is 1. The molecule has 7 rings (SSSR count). The zero-order valence-electron chi connectivity index (χ0n) is 19.4. The van der Waals surface area contributed by atoms with Crippen LogP contribution < -0.4 is 10.6 Å². The van der Waals surface area contributed by atoms with Crippen LogP contribution in [0, 0.1) is 0 Å². The van der Waals surface area contributed by atoms with Crippen LogP contribution in [0.25, 0.3) is 16.5 Å². The molecular weight excluding hydrogens is 448 g/mol. The van der Waals surface area contributed by atoms with Crippen molar-refractivity contribution in [3.63, 3.8) is 0 Å². The Morgan fingerprint density at radius 2 is 1.44 bits per heavy atom. The quantitative estimate of drug-likeness (QED) is 0.413. The van der Waals surface area contributed by atoms with Gasteiger partial charge in [-0.25, -0.2) is 0 Å². The zero-order chi connectivity index (χ0) is 24.6. The van der Waals surface area contributed by atoms with E-state index in [0.717, 1.165) is 16.3 Å². The van der Waals surface area contributed by atoms with Crippen molar-refractivity contribution in [2.45, 2.75) is 12.3 Å². The van der Waals surface area contributed by atoms with Gasteiger partial charge in [-0.1, -0.05) is 78.9 Å². The van der Waals surface area contributed by atoms with Gasteiger partial charge in [0.15, 0.2) is 11.6 Å². The lowest BCUT2D eigenvalue weighted by molar-refractivity contribution is -0.113. The number of ketones is 2. The number of hydrogen-bond acceptors (Lipinski definition) is 4. The molecule has 4 aromatic rings. The van der Waals surface area contributed by atoms with E-state index >= 15 is 0 Å². The molecule has 4 aromatic carbocycles. The van der Waals surface area contributed by atoms with Gasteiger partial charge < -0.3 is 10.6 Å². The van der Waals surface area contributed by atoms with E-state index < -0.39 is 11.3 Å². The van der Waals surface area contributed by atoms with Gasteiger partial charge in [-0.15, -0.1) is 0 Å². The van der Waals surface area contributed by atoms with Gasteiger partial charge >= 0.3 is 0 Å². The molecule has 0 radical (unpaired) electrons. The third kappa shape index (κ3) is 2.41. The number of allylic oxidation sites excluding steroid dienone is 2. The number of hydrogen-bond donors (Lipinski definition) is 2. The first-order valence-corrected chi connectivity index (χ1v) is 11.8. The largest absolute Gasteiger partial charge is 0.358 e. The minimum atomic E-state index is -1.55. The van der Waals surface area contributed by atoms with Gasteiger partial charge in [-0.2, -0.15) is 0 Å². The van der Waals surface area contributed by atoms with Crippen LogP contribution >= 0.6 is 0 Å². The van der Waals surface area contributed by atoms with E-state index in [4.69, 9.17) is 0 Å². The maximum atomic E-state index is 14.6. The minimum Gasteiger partial charge on any atom is -0.358 e. The molecule has 0 saturated carbocycles. The summed E-state index contributed by atoms with van der Waals surface area (Å²) in [7, 11) is 0. The Morgan fingerprint density at radius 1 is 0.778 bits per heavy atom. The molecular formula is C31H20N2O3. The van der Waals surface area contributed by atoms with Crippen LogP contribution in [0.2, 0.25) is 0 Å². The van der Waals surface area contributed by atoms with E-state index in [2.05, 4.69) is 10.6 Å². The SMILES string of the molecule is CC1=C(C(=O)Nc2ccccc2)[C@]2(C(=O)c3cccc4cccc2c34)C2=C(N1)c1ccccc1C2=O. The molecule has 1 atom stereocenters. The predicted molar refractivity (Wildman–Crippen MR) is 139 cm³/mol. The summed E-state index contributed by atoms with van der Waals surface area (Å²) in [4.78, 5) is 42.6. The molecule has 0 saturated heterocycles. The molecule has 172 valence electrons. The highest BCUT2D eigenvalue weighted by Crippen LogP contribution is 2.57. The fourth-order valence-electron chi connectivity index (χ4n) is 6.14. The van der Waals surface area contributed by atoms with Crippen LogP contribution in [0.5, 0.6) is 0 Å². The van der Waals surface area contributed by atoms with Gasteiger partial charge in [-0.05, 0) is 35.4 Å². The molecule has 1 spiro atoms. The second kappa shape index (κ2) is 7.12. The summed E-state index contributed by atoms with van der Waals surface area (Å²) in [5, 5.41) is 8.00. The molecule has 1 amide bonds. The van der Waals surface area contributed by atoms with E-state index in [0.29, 0.717) is 39.3 Å². The average Bonchev–Trinajstić information content (AvgIpc) is 3.31. The average molecular weight is 469 g/mol. The third-order valence-electron chi connectivity index (χ3n) is 7.51. The van der Waals surface area contributed by atoms with Crippen LogP contribution in [0.4, 0.5) is 5.69 Å². The topological polar surface area (TPSA) is 75.3 Å². The number of Topliss-reactive ketones (excluding diaryl/α,β-unsaturated/α-hetero) is 2. The van der Waals surface area contributed by atoms with Crippen molar-refractivity contribution in [3.05, 3.63) is 130 Å². The Hall–Kier alpha value is -4.77. The number of benzene rings is 4. The van der Waals surface area contributed by atoms with Crippen molar-refractivity contribution in [3.8, 4) is 0 Å². The fraction of sp³-hybridized carbons (Fsp3) is 0.0645. The first-order valence-electron chi connectivity index (χ1n) is 11.8. The summed E-state index contributed by atoms with van der Waals surface area (Å²) in [5.74, 6) is -0.898. The normalized spacial score (nSPS) is 19.6. The number of anilines is 1. The van der Waals surface area contributed by atoms with E-state index in [1.807, 2.05) is 66.7 Å². The molecule has 2 aliphatic carbocycles. The number of nitrogens with one attached hydrogen (secondary N) is 2. The molecule has 5 nitrogen and oxygen atoms in total. The number of rotatable bonds is 2. The summed E-state index contributed by atoms with van der Waals surface area (Å²) in [5.41, 5.74) is 3.25. The molecule has 1 aliphatic heterocycles. The molecule has 1 heterocycles. The molecule has 0 fully saturated rings. The summed E-state index contributed by atoms with van der Waals surface area (Å²) in [6, 6.07) is 27.8. The van der Waals surface area contributed by atoms with Gasteiger partial charge in [-0.3, -0.25) is 14.4 Å². The monoisotopic (exact) mass is 468 g/mol. The number of para-hydroxylation sites is 1. The Bertz CT molecular complexity index is 1740. The Kier molecular flexibility index (Phi) is 4.07. The lowest BCUT2D eigenvalue weighted by Gasteiger charge is -2.38. The second-order valence-electron chi connectivity index (χ2n) is 9.36. The van der Waals surface area contributed by atoms with Crippen molar-refractivity contribution in [1.82, 2.24) is 5.32 Å². The van der Waals surface area contributed by atoms with Gasteiger partial charge in [0.1, 0.15) is 5.41 Å². The second-order valence-corrected chi connectivity index (χ2v) is 9.36. The van der Waals surface area contributed by atoms with Gasteiger partial charge in [0.25, 0.3) is 5.91 Å². The van der Waals surface area contributed by atoms with E-state index in [-0.39, 0.29) is 17.1 Å². The number of carbonyl (C=O) groups is 3. The predicted octanol–water partition coefficient (Wildman–Crippen LogP) is 5.40. The number of carbonyl (C=O) groups excluding carboxylic acids is 3. The minimum absolute atomic E-state index is 0.233. The highest BCUT2D eigenvalue weighted by Gasteiger charge is 2.61. The van der Waals surface area contributed by atoms with Crippen LogP contribution in [-0.4, -0.2) is 17.5 Å². The number of dihydropyridines is 1. The zero-order valence-corrected chi connectivity index (χ0v) is 19.4. The summed E-state index contributed by atoms with van der Waals surface area (Å²) < 4.78 is 0. The summed E-state index contributed by atoms with van der Waals surface area (Å²) in [6.07, 6.45) is 0. The lowest BCUT2D eigenvalue weighted by Crippen LogP contribution is -2.47. The van der Waals surface area contributed by atoms with Crippen LogP contribution in [-0.2, 0) is 10.2 Å². The van der Waals surface area contributed by atoms with E-state index in [9.17, 15) is 14.4 Å². The molecule has 3 aliphatic rings. The number of fused-ring (bicyclic) bond motifs is 4. The van der Waals surface area contributed by atoms with Crippen LogP contribution in [0.3, 0.4) is 0 Å². The Labute approximate surface area is 207 Å². The van der Waals surface area contributed by atoms with Gasteiger partial charge in [0.2, 0.25) is 0 Å². The van der Waals surface area contributed by atoms with Crippen molar-refractivity contribution in [2.24, 2.45) is 0 Å². The van der Waals surface area contributed by atoms with Gasteiger partial charge in [0, 0.05) is 33.6 Å². The third-order valence-corrected chi connectivity index (χ3v) is 7.51. The molecule has 0 bridgehead atoms. The Balaban J connectivity index is 1.55.